The van der Waals surface area contributed by atoms with E-state index in [0.717, 1.165) is 16.8 Å². The van der Waals surface area contributed by atoms with Crippen molar-refractivity contribution in [2.24, 2.45) is 0 Å². The number of fused-ring (bicyclic) bond motifs is 1. The van der Waals surface area contributed by atoms with Crippen LogP contribution in [0, 0.1) is 10.1 Å². The van der Waals surface area contributed by atoms with Gasteiger partial charge >= 0.3 is 5.97 Å². The molecule has 0 atom stereocenters. The summed E-state index contributed by atoms with van der Waals surface area (Å²) in [5.74, 6) is -1.45. The van der Waals surface area contributed by atoms with E-state index in [2.05, 4.69) is 5.32 Å². The van der Waals surface area contributed by atoms with E-state index in [4.69, 9.17) is 10.5 Å². The first kappa shape index (κ1) is 17.9. The second kappa shape index (κ2) is 7.52. The molecule has 0 heterocycles. The van der Waals surface area contributed by atoms with Crippen LogP contribution in [0.4, 0.5) is 17.1 Å². The van der Waals surface area contributed by atoms with Crippen molar-refractivity contribution >= 4 is 39.7 Å². The molecule has 8 heteroatoms. The predicted octanol–water partition coefficient (Wildman–Crippen LogP) is 3.13. The summed E-state index contributed by atoms with van der Waals surface area (Å²) in [6, 6.07) is 16.4. The standard InChI is InChI=1S/C19H15N3O5/c20-16-9-8-13(22(25)26)10-15(16)19(24)27-11-18(23)21-17-7-3-5-12-4-1-2-6-14(12)17/h1-10H,11,20H2,(H,21,23). The lowest BCUT2D eigenvalue weighted by Crippen LogP contribution is -2.21. The van der Waals surface area contributed by atoms with Crippen LogP contribution in [0.1, 0.15) is 10.4 Å². The highest BCUT2D eigenvalue weighted by atomic mass is 16.6. The fourth-order valence-corrected chi connectivity index (χ4v) is 2.56. The van der Waals surface area contributed by atoms with Crippen LogP contribution in [0.5, 0.6) is 0 Å². The quantitative estimate of drug-likeness (QED) is 0.310. The molecule has 0 radical (unpaired) electrons. The Kier molecular flexibility index (Phi) is 4.98. The molecule has 0 fully saturated rings. The first-order chi connectivity index (χ1) is 13.0. The van der Waals surface area contributed by atoms with Gasteiger partial charge in [-0.3, -0.25) is 14.9 Å². The van der Waals surface area contributed by atoms with Crippen molar-refractivity contribution in [2.75, 3.05) is 17.7 Å². The topological polar surface area (TPSA) is 125 Å². The van der Waals surface area contributed by atoms with Crippen molar-refractivity contribution < 1.29 is 19.2 Å². The lowest BCUT2D eigenvalue weighted by molar-refractivity contribution is -0.384. The van der Waals surface area contributed by atoms with E-state index in [1.54, 1.807) is 12.1 Å². The number of non-ortho nitro benzene ring substituents is 1. The summed E-state index contributed by atoms with van der Waals surface area (Å²) in [6.45, 7) is -0.551. The monoisotopic (exact) mass is 365 g/mol. The average Bonchev–Trinajstić information content (AvgIpc) is 2.66. The lowest BCUT2D eigenvalue weighted by atomic mass is 10.1. The number of benzene rings is 3. The number of nitrogens with one attached hydrogen (secondary N) is 1. The third-order valence-corrected chi connectivity index (χ3v) is 3.87. The minimum atomic E-state index is -0.913. The Bertz CT molecular complexity index is 1040. The van der Waals surface area contributed by atoms with E-state index < -0.39 is 23.4 Å². The Hall–Kier alpha value is -3.94. The van der Waals surface area contributed by atoms with Crippen molar-refractivity contribution in [3.8, 4) is 0 Å². The number of esters is 1. The Morgan fingerprint density at radius 3 is 2.59 bits per heavy atom. The summed E-state index contributed by atoms with van der Waals surface area (Å²) in [4.78, 5) is 34.4. The summed E-state index contributed by atoms with van der Waals surface area (Å²) in [5, 5.41) is 15.3. The highest BCUT2D eigenvalue weighted by Crippen LogP contribution is 2.23. The molecular formula is C19H15N3O5. The fourth-order valence-electron chi connectivity index (χ4n) is 2.56. The number of nitrogens with zero attached hydrogens (tertiary/aromatic N) is 1. The van der Waals surface area contributed by atoms with Crippen LogP contribution >= 0.6 is 0 Å². The summed E-state index contributed by atoms with van der Waals surface area (Å²) in [6.07, 6.45) is 0. The van der Waals surface area contributed by atoms with E-state index in [9.17, 15) is 19.7 Å². The van der Waals surface area contributed by atoms with Gasteiger partial charge in [-0.05, 0) is 17.5 Å². The van der Waals surface area contributed by atoms with Crippen LogP contribution in [-0.2, 0) is 9.53 Å². The zero-order valence-corrected chi connectivity index (χ0v) is 14.0. The van der Waals surface area contributed by atoms with Gasteiger partial charge in [0.2, 0.25) is 0 Å². The van der Waals surface area contributed by atoms with Crippen LogP contribution in [0.2, 0.25) is 0 Å². The van der Waals surface area contributed by atoms with E-state index in [1.807, 2.05) is 30.3 Å². The van der Waals surface area contributed by atoms with Gasteiger partial charge < -0.3 is 15.8 Å². The average molecular weight is 365 g/mol. The summed E-state index contributed by atoms with van der Waals surface area (Å²) in [5.41, 5.74) is 5.81. The van der Waals surface area contributed by atoms with Crippen LogP contribution in [0.15, 0.2) is 60.7 Å². The van der Waals surface area contributed by atoms with Crippen molar-refractivity contribution in [3.05, 3.63) is 76.3 Å². The maximum atomic E-state index is 12.1. The first-order valence-corrected chi connectivity index (χ1v) is 7.94. The minimum absolute atomic E-state index is 0.0278. The normalized spacial score (nSPS) is 10.4. The van der Waals surface area contributed by atoms with Crippen molar-refractivity contribution in [2.45, 2.75) is 0 Å². The van der Waals surface area contributed by atoms with E-state index in [-0.39, 0.29) is 16.9 Å². The van der Waals surface area contributed by atoms with Gasteiger partial charge in [-0.25, -0.2) is 4.79 Å². The number of carbonyl (C=O) groups excluding carboxylic acids is 2. The number of amides is 1. The predicted molar refractivity (Wildman–Crippen MR) is 100 cm³/mol. The molecule has 1 amide bonds. The maximum absolute atomic E-state index is 12.1. The van der Waals surface area contributed by atoms with E-state index in [0.29, 0.717) is 5.69 Å². The molecule has 3 aromatic rings. The van der Waals surface area contributed by atoms with Crippen molar-refractivity contribution in [3.63, 3.8) is 0 Å². The van der Waals surface area contributed by atoms with Crippen LogP contribution in [0.25, 0.3) is 10.8 Å². The number of anilines is 2. The van der Waals surface area contributed by atoms with Gasteiger partial charge in [0.05, 0.1) is 10.5 Å². The highest BCUT2D eigenvalue weighted by Gasteiger charge is 2.18. The number of nitrogens with two attached hydrogens (primary N) is 1. The number of rotatable bonds is 5. The van der Waals surface area contributed by atoms with Crippen LogP contribution < -0.4 is 11.1 Å². The van der Waals surface area contributed by atoms with Crippen LogP contribution in [0.3, 0.4) is 0 Å². The Labute approximate surface area is 153 Å². The molecule has 0 aliphatic heterocycles. The number of hydrogen-bond acceptors (Lipinski definition) is 6. The molecule has 0 spiro atoms. The van der Waals surface area contributed by atoms with Gasteiger partial charge in [-0.2, -0.15) is 0 Å². The first-order valence-electron chi connectivity index (χ1n) is 7.94. The maximum Gasteiger partial charge on any atom is 0.341 e. The second-order valence-corrected chi connectivity index (χ2v) is 5.68. The molecule has 0 saturated carbocycles. The molecule has 3 rings (SSSR count). The zero-order chi connectivity index (χ0) is 19.4. The summed E-state index contributed by atoms with van der Waals surface area (Å²) >= 11 is 0. The molecule has 0 aromatic heterocycles. The van der Waals surface area contributed by atoms with E-state index in [1.165, 1.54) is 12.1 Å². The third kappa shape index (κ3) is 4.01. The highest BCUT2D eigenvalue weighted by molar-refractivity contribution is 6.03. The molecule has 0 aliphatic rings. The lowest BCUT2D eigenvalue weighted by Gasteiger charge is -2.10. The second-order valence-electron chi connectivity index (χ2n) is 5.68. The number of hydrogen-bond donors (Lipinski definition) is 2. The minimum Gasteiger partial charge on any atom is -0.452 e. The molecule has 3 aromatic carbocycles. The number of carbonyl (C=O) groups is 2. The van der Waals surface area contributed by atoms with E-state index >= 15 is 0 Å². The molecular weight excluding hydrogens is 350 g/mol. The van der Waals surface area contributed by atoms with Crippen molar-refractivity contribution in [1.29, 1.82) is 0 Å². The number of nitro benzene ring substituents is 1. The third-order valence-electron chi connectivity index (χ3n) is 3.87. The molecule has 3 N–H and O–H groups in total. The summed E-state index contributed by atoms with van der Waals surface area (Å²) < 4.78 is 4.94. The molecule has 136 valence electrons. The molecule has 0 bridgehead atoms. The molecule has 0 saturated heterocycles. The van der Waals surface area contributed by atoms with Crippen molar-refractivity contribution in [1.82, 2.24) is 0 Å². The van der Waals surface area contributed by atoms with Gasteiger partial charge in [0, 0.05) is 28.9 Å². The zero-order valence-electron chi connectivity index (χ0n) is 14.0. The SMILES string of the molecule is Nc1ccc([N+](=O)[O-])cc1C(=O)OCC(=O)Nc1cccc2ccccc12. The molecule has 8 nitrogen and oxygen atoms in total. The number of nitro groups is 1. The van der Waals surface area contributed by atoms with Gasteiger partial charge in [-0.15, -0.1) is 0 Å². The largest absolute Gasteiger partial charge is 0.452 e. The number of nitrogen functional groups attached to an aromatic ring is 1. The van der Waals surface area contributed by atoms with Gasteiger partial charge in [0.1, 0.15) is 0 Å². The summed E-state index contributed by atoms with van der Waals surface area (Å²) in [7, 11) is 0. The van der Waals surface area contributed by atoms with Crippen LogP contribution in [-0.4, -0.2) is 23.4 Å². The van der Waals surface area contributed by atoms with Gasteiger partial charge in [0.25, 0.3) is 11.6 Å². The molecule has 0 aliphatic carbocycles. The number of ether oxygens (including phenoxy) is 1. The molecule has 27 heavy (non-hydrogen) atoms. The smallest absolute Gasteiger partial charge is 0.341 e. The Morgan fingerprint density at radius 1 is 1.07 bits per heavy atom. The van der Waals surface area contributed by atoms with Gasteiger partial charge in [0.15, 0.2) is 6.61 Å². The Morgan fingerprint density at radius 2 is 1.81 bits per heavy atom. The molecule has 0 unspecified atom stereocenters. The Balaban J connectivity index is 1.68. The van der Waals surface area contributed by atoms with Gasteiger partial charge in [-0.1, -0.05) is 36.4 Å². The fraction of sp³-hybridized carbons (Fsp3) is 0.0526.